The summed E-state index contributed by atoms with van der Waals surface area (Å²) in [7, 11) is -4.20. The topological polar surface area (TPSA) is 82.1 Å². The summed E-state index contributed by atoms with van der Waals surface area (Å²) < 4.78 is 54.0. The number of alkyl halides is 1. The van der Waals surface area contributed by atoms with E-state index in [0.29, 0.717) is 6.61 Å². The largest absolute Gasteiger partial charge is 0.379 e. The lowest BCUT2D eigenvalue weighted by atomic mass is 10.2. The first-order valence-electron chi connectivity index (χ1n) is 7.90. The lowest BCUT2D eigenvalue weighted by Crippen LogP contribution is -2.35. The molecule has 136 valence electrons. The van der Waals surface area contributed by atoms with Gasteiger partial charge in [-0.2, -0.15) is 8.42 Å². The molecule has 0 amide bonds. The molecular formula is C16H23FO6S. The van der Waals surface area contributed by atoms with E-state index in [4.69, 9.17) is 13.7 Å². The van der Waals surface area contributed by atoms with Gasteiger partial charge in [0.15, 0.2) is 18.6 Å². The number of rotatable bonds is 8. The first kappa shape index (κ1) is 19.3. The summed E-state index contributed by atoms with van der Waals surface area (Å²) in [5.41, 5.74) is 0.880. The average molecular weight is 362 g/mol. The Morgan fingerprint density at radius 1 is 1.29 bits per heavy atom. The molecule has 6 nitrogen and oxygen atoms in total. The molecule has 1 fully saturated rings. The van der Waals surface area contributed by atoms with Crippen LogP contribution >= 0.6 is 0 Å². The van der Waals surface area contributed by atoms with Gasteiger partial charge in [0.25, 0.3) is 10.1 Å². The van der Waals surface area contributed by atoms with E-state index >= 15 is 0 Å². The molecule has 1 aliphatic heterocycles. The third kappa shape index (κ3) is 4.73. The van der Waals surface area contributed by atoms with Crippen LogP contribution in [0.2, 0.25) is 0 Å². The summed E-state index contributed by atoms with van der Waals surface area (Å²) in [6.07, 6.45) is -4.38. The molecule has 0 bridgehead atoms. The number of unbranched alkanes of at least 4 members (excludes halogenated alkanes) is 1. The van der Waals surface area contributed by atoms with Crippen molar-refractivity contribution in [2.45, 2.75) is 56.3 Å². The van der Waals surface area contributed by atoms with Gasteiger partial charge in [0.2, 0.25) is 0 Å². The summed E-state index contributed by atoms with van der Waals surface area (Å²) >= 11 is 0. The maximum Gasteiger partial charge on any atom is 0.297 e. The Hall–Kier alpha value is -1.06. The van der Waals surface area contributed by atoms with Crippen molar-refractivity contribution in [2.75, 3.05) is 13.2 Å². The maximum absolute atomic E-state index is 14.4. The van der Waals surface area contributed by atoms with Crippen molar-refractivity contribution in [1.29, 1.82) is 0 Å². The van der Waals surface area contributed by atoms with Gasteiger partial charge in [-0.3, -0.25) is 4.18 Å². The molecule has 1 N–H and O–H groups in total. The van der Waals surface area contributed by atoms with Crippen molar-refractivity contribution in [3.8, 4) is 0 Å². The molecule has 1 aromatic carbocycles. The Balaban J connectivity index is 1.99. The third-order valence-electron chi connectivity index (χ3n) is 3.74. The minimum atomic E-state index is -4.20. The average Bonchev–Trinajstić information content (AvgIpc) is 2.79. The van der Waals surface area contributed by atoms with Crippen LogP contribution in [0.15, 0.2) is 29.2 Å². The van der Waals surface area contributed by atoms with E-state index in [-0.39, 0.29) is 11.5 Å². The van der Waals surface area contributed by atoms with Gasteiger partial charge in [-0.25, -0.2) is 4.39 Å². The zero-order valence-electron chi connectivity index (χ0n) is 13.7. The number of aliphatic hydroxyl groups excluding tert-OH is 1. The predicted octanol–water partition coefficient (Wildman–Crippen LogP) is 1.94. The predicted molar refractivity (Wildman–Crippen MR) is 84.7 cm³/mol. The highest BCUT2D eigenvalue weighted by Gasteiger charge is 2.47. The molecular weight excluding hydrogens is 339 g/mol. The van der Waals surface area contributed by atoms with Crippen LogP contribution in [0.1, 0.15) is 25.3 Å². The Labute approximate surface area is 141 Å². The third-order valence-corrected chi connectivity index (χ3v) is 5.06. The number of aryl methyl sites for hydroxylation is 1. The highest BCUT2D eigenvalue weighted by molar-refractivity contribution is 7.86. The van der Waals surface area contributed by atoms with Crippen molar-refractivity contribution in [3.05, 3.63) is 29.8 Å². The van der Waals surface area contributed by atoms with E-state index in [9.17, 15) is 17.9 Å². The van der Waals surface area contributed by atoms with Gasteiger partial charge in [-0.15, -0.1) is 0 Å². The van der Waals surface area contributed by atoms with Crippen molar-refractivity contribution in [2.24, 2.45) is 0 Å². The fourth-order valence-electron chi connectivity index (χ4n) is 2.28. The zero-order valence-corrected chi connectivity index (χ0v) is 14.5. The quantitative estimate of drug-likeness (QED) is 0.562. The molecule has 0 radical (unpaired) electrons. The van der Waals surface area contributed by atoms with Gasteiger partial charge in [0, 0.05) is 6.61 Å². The number of aliphatic hydroxyl groups is 1. The monoisotopic (exact) mass is 362 g/mol. The molecule has 0 spiro atoms. The zero-order chi connectivity index (χ0) is 17.7. The Bertz CT molecular complexity index is 618. The fraction of sp³-hybridized carbons (Fsp3) is 0.625. The number of benzene rings is 1. The standard InChI is InChI=1S/C16H23FO6S/c1-3-4-9-21-10-13-14(17)15(16(18)22-13)23-24(19,20)12-7-5-11(2)6-8-12/h5-8,13-16,18H,3-4,9-10H2,1-2H3/t13-,14-,15+,16+/m1/s1. The molecule has 1 aromatic rings. The highest BCUT2D eigenvalue weighted by Crippen LogP contribution is 2.29. The summed E-state index contributed by atoms with van der Waals surface area (Å²) in [6.45, 7) is 4.19. The van der Waals surface area contributed by atoms with Crippen molar-refractivity contribution < 1.29 is 31.6 Å². The van der Waals surface area contributed by atoms with E-state index in [0.717, 1.165) is 18.4 Å². The minimum Gasteiger partial charge on any atom is -0.379 e. The summed E-state index contributed by atoms with van der Waals surface area (Å²) in [5, 5.41) is 9.78. The normalized spacial score (nSPS) is 27.5. The van der Waals surface area contributed by atoms with Gasteiger partial charge in [-0.1, -0.05) is 31.0 Å². The molecule has 0 unspecified atom stereocenters. The lowest BCUT2D eigenvalue weighted by Gasteiger charge is -2.16. The highest BCUT2D eigenvalue weighted by atomic mass is 32.2. The number of halogens is 1. The molecule has 4 atom stereocenters. The smallest absolute Gasteiger partial charge is 0.297 e. The molecule has 2 rings (SSSR count). The Kier molecular flexibility index (Phi) is 6.70. The molecule has 8 heteroatoms. The van der Waals surface area contributed by atoms with E-state index in [2.05, 4.69) is 0 Å². The fourth-order valence-corrected chi connectivity index (χ4v) is 3.36. The molecule has 0 saturated carbocycles. The van der Waals surface area contributed by atoms with Crippen LogP contribution in [0, 0.1) is 6.92 Å². The van der Waals surface area contributed by atoms with Crippen molar-refractivity contribution in [1.82, 2.24) is 0 Å². The molecule has 24 heavy (non-hydrogen) atoms. The number of ether oxygens (including phenoxy) is 2. The van der Waals surface area contributed by atoms with Crippen LogP contribution in [0.3, 0.4) is 0 Å². The first-order chi connectivity index (χ1) is 11.3. The molecule has 1 saturated heterocycles. The van der Waals surface area contributed by atoms with Gasteiger partial charge in [0.1, 0.15) is 6.10 Å². The molecule has 1 heterocycles. The number of hydrogen-bond acceptors (Lipinski definition) is 6. The second kappa shape index (κ2) is 8.35. The summed E-state index contributed by atoms with van der Waals surface area (Å²) in [5.74, 6) is 0. The van der Waals surface area contributed by atoms with Gasteiger partial charge in [-0.05, 0) is 25.5 Å². The molecule has 0 aliphatic carbocycles. The molecule has 0 aromatic heterocycles. The van der Waals surface area contributed by atoms with Gasteiger partial charge in [0.05, 0.1) is 11.5 Å². The van der Waals surface area contributed by atoms with E-state index in [1.54, 1.807) is 12.1 Å². The van der Waals surface area contributed by atoms with Crippen molar-refractivity contribution >= 4 is 10.1 Å². The van der Waals surface area contributed by atoms with Crippen LogP contribution in [0.5, 0.6) is 0 Å². The maximum atomic E-state index is 14.4. The van der Waals surface area contributed by atoms with E-state index < -0.39 is 34.8 Å². The second-order valence-electron chi connectivity index (χ2n) is 5.77. The summed E-state index contributed by atoms with van der Waals surface area (Å²) in [4.78, 5) is -0.102. The van der Waals surface area contributed by atoms with E-state index in [1.165, 1.54) is 12.1 Å². The first-order valence-corrected chi connectivity index (χ1v) is 9.31. The van der Waals surface area contributed by atoms with Crippen LogP contribution in [0.25, 0.3) is 0 Å². The lowest BCUT2D eigenvalue weighted by molar-refractivity contribution is -0.132. The van der Waals surface area contributed by atoms with Crippen LogP contribution in [-0.2, 0) is 23.8 Å². The van der Waals surface area contributed by atoms with E-state index in [1.807, 2.05) is 13.8 Å². The van der Waals surface area contributed by atoms with Crippen LogP contribution < -0.4 is 0 Å². The van der Waals surface area contributed by atoms with Crippen LogP contribution in [-0.4, -0.2) is 51.4 Å². The Morgan fingerprint density at radius 3 is 2.58 bits per heavy atom. The van der Waals surface area contributed by atoms with Crippen molar-refractivity contribution in [3.63, 3.8) is 0 Å². The van der Waals surface area contributed by atoms with Gasteiger partial charge >= 0.3 is 0 Å². The molecule has 1 aliphatic rings. The number of hydrogen-bond donors (Lipinski definition) is 1. The van der Waals surface area contributed by atoms with Gasteiger partial charge < -0.3 is 14.6 Å². The minimum absolute atomic E-state index is 0.0668. The second-order valence-corrected chi connectivity index (χ2v) is 7.34. The summed E-state index contributed by atoms with van der Waals surface area (Å²) in [6, 6.07) is 5.95. The SMILES string of the molecule is CCCCOC[C@H]1O[C@H](O)[C@@H](OS(=O)(=O)c2ccc(C)cc2)[C@@H]1F. The van der Waals surface area contributed by atoms with Crippen LogP contribution in [0.4, 0.5) is 4.39 Å². The Morgan fingerprint density at radius 2 is 1.96 bits per heavy atom.